The van der Waals surface area contributed by atoms with E-state index >= 15 is 0 Å². The summed E-state index contributed by atoms with van der Waals surface area (Å²) >= 11 is 0. The van der Waals surface area contributed by atoms with Crippen LogP contribution in [0.2, 0.25) is 0 Å². The van der Waals surface area contributed by atoms with Crippen molar-refractivity contribution in [2.24, 2.45) is 22.6 Å². The van der Waals surface area contributed by atoms with Crippen LogP contribution in [0.5, 0.6) is 0 Å². The SMILES string of the molecule is CC1(C)C(C(NN)C2=CCCCCC2)C1(C)C. The third-order valence-electron chi connectivity index (χ3n) is 5.62. The molecule has 1 atom stereocenters. The lowest BCUT2D eigenvalue weighted by atomic mass is 9.94. The Morgan fingerprint density at radius 1 is 1.18 bits per heavy atom. The molecule has 0 spiro atoms. The zero-order chi connectivity index (χ0) is 12.7. The molecule has 2 aliphatic carbocycles. The van der Waals surface area contributed by atoms with Crippen molar-refractivity contribution in [1.29, 1.82) is 0 Å². The van der Waals surface area contributed by atoms with Crippen molar-refractivity contribution >= 4 is 0 Å². The molecule has 2 nitrogen and oxygen atoms in total. The lowest BCUT2D eigenvalue weighted by Crippen LogP contribution is -2.40. The van der Waals surface area contributed by atoms with Gasteiger partial charge < -0.3 is 0 Å². The minimum Gasteiger partial charge on any atom is -0.271 e. The largest absolute Gasteiger partial charge is 0.271 e. The van der Waals surface area contributed by atoms with Gasteiger partial charge in [-0.25, -0.2) is 0 Å². The van der Waals surface area contributed by atoms with E-state index in [1.165, 1.54) is 32.1 Å². The van der Waals surface area contributed by atoms with Crippen molar-refractivity contribution in [3.63, 3.8) is 0 Å². The smallest absolute Gasteiger partial charge is 0.0458 e. The van der Waals surface area contributed by atoms with E-state index in [0.29, 0.717) is 22.8 Å². The van der Waals surface area contributed by atoms with Crippen molar-refractivity contribution in [2.75, 3.05) is 0 Å². The molecule has 1 unspecified atom stereocenters. The van der Waals surface area contributed by atoms with Crippen LogP contribution < -0.4 is 11.3 Å². The maximum Gasteiger partial charge on any atom is 0.0458 e. The summed E-state index contributed by atoms with van der Waals surface area (Å²) in [4.78, 5) is 0. The van der Waals surface area contributed by atoms with Gasteiger partial charge in [-0.1, -0.05) is 45.8 Å². The van der Waals surface area contributed by atoms with Gasteiger partial charge in [-0.15, -0.1) is 0 Å². The Bertz CT molecular complexity index is 301. The fourth-order valence-electron chi connectivity index (χ4n) is 3.82. The molecule has 0 saturated heterocycles. The van der Waals surface area contributed by atoms with Crippen LogP contribution >= 0.6 is 0 Å². The van der Waals surface area contributed by atoms with Gasteiger partial charge in [-0.05, 0) is 42.4 Å². The van der Waals surface area contributed by atoms with Crippen molar-refractivity contribution in [2.45, 2.75) is 65.8 Å². The van der Waals surface area contributed by atoms with Crippen LogP contribution in [-0.2, 0) is 0 Å². The third kappa shape index (κ3) is 2.06. The normalized spacial score (nSPS) is 29.4. The summed E-state index contributed by atoms with van der Waals surface area (Å²) in [6, 6.07) is 0.387. The van der Waals surface area contributed by atoms with E-state index in [9.17, 15) is 0 Å². The highest BCUT2D eigenvalue weighted by Gasteiger charge is 2.67. The van der Waals surface area contributed by atoms with E-state index < -0.39 is 0 Å². The molecule has 0 amide bonds. The molecule has 17 heavy (non-hydrogen) atoms. The highest BCUT2D eigenvalue weighted by atomic mass is 15.2. The monoisotopic (exact) mass is 236 g/mol. The number of hydrogen-bond acceptors (Lipinski definition) is 2. The van der Waals surface area contributed by atoms with Gasteiger partial charge in [0, 0.05) is 6.04 Å². The Morgan fingerprint density at radius 2 is 1.82 bits per heavy atom. The first-order valence-corrected chi connectivity index (χ1v) is 7.08. The fraction of sp³-hybridized carbons (Fsp3) is 0.867. The third-order valence-corrected chi connectivity index (χ3v) is 5.62. The second-order valence-corrected chi connectivity index (χ2v) is 6.94. The summed E-state index contributed by atoms with van der Waals surface area (Å²) < 4.78 is 0. The van der Waals surface area contributed by atoms with Crippen LogP contribution in [0.4, 0.5) is 0 Å². The van der Waals surface area contributed by atoms with Crippen LogP contribution in [-0.4, -0.2) is 6.04 Å². The minimum absolute atomic E-state index is 0.387. The Labute approximate surface area is 106 Å². The molecule has 2 heteroatoms. The summed E-state index contributed by atoms with van der Waals surface area (Å²) in [7, 11) is 0. The second-order valence-electron chi connectivity index (χ2n) is 6.94. The molecule has 0 bridgehead atoms. The summed E-state index contributed by atoms with van der Waals surface area (Å²) in [5.74, 6) is 6.52. The van der Waals surface area contributed by atoms with Crippen LogP contribution in [0, 0.1) is 16.7 Å². The highest BCUT2D eigenvalue weighted by Crippen LogP contribution is 2.70. The molecule has 3 N–H and O–H groups in total. The van der Waals surface area contributed by atoms with Crippen LogP contribution in [0.25, 0.3) is 0 Å². The average molecular weight is 236 g/mol. The lowest BCUT2D eigenvalue weighted by molar-refractivity contribution is 0.439. The molecule has 1 saturated carbocycles. The Morgan fingerprint density at radius 3 is 2.35 bits per heavy atom. The molecule has 2 aliphatic rings. The average Bonchev–Trinajstić information content (AvgIpc) is 2.80. The van der Waals surface area contributed by atoms with Gasteiger partial charge in [0.1, 0.15) is 0 Å². The van der Waals surface area contributed by atoms with Gasteiger partial charge in [0.15, 0.2) is 0 Å². The topological polar surface area (TPSA) is 38.0 Å². The number of rotatable bonds is 3. The van der Waals surface area contributed by atoms with Gasteiger partial charge >= 0.3 is 0 Å². The Hall–Kier alpha value is -0.340. The van der Waals surface area contributed by atoms with Crippen LogP contribution in [0.1, 0.15) is 59.8 Å². The van der Waals surface area contributed by atoms with Gasteiger partial charge in [0.05, 0.1) is 0 Å². The number of nitrogens with one attached hydrogen (secondary N) is 1. The molecular formula is C15H28N2. The van der Waals surface area contributed by atoms with Crippen molar-refractivity contribution in [1.82, 2.24) is 5.43 Å². The minimum atomic E-state index is 0.387. The van der Waals surface area contributed by atoms with Crippen molar-refractivity contribution < 1.29 is 0 Å². The van der Waals surface area contributed by atoms with Crippen LogP contribution in [0.15, 0.2) is 11.6 Å². The molecule has 0 aromatic carbocycles. The van der Waals surface area contributed by atoms with Gasteiger partial charge in [-0.2, -0.15) is 0 Å². The highest BCUT2D eigenvalue weighted by molar-refractivity contribution is 5.25. The second kappa shape index (κ2) is 4.40. The quantitative estimate of drug-likeness (QED) is 0.448. The summed E-state index contributed by atoms with van der Waals surface area (Å²) in [5.41, 5.74) is 5.47. The first-order chi connectivity index (χ1) is 7.93. The molecule has 1 fully saturated rings. The maximum atomic E-state index is 5.85. The van der Waals surface area contributed by atoms with E-state index in [0.717, 1.165) is 0 Å². The number of hydrogen-bond donors (Lipinski definition) is 2. The molecule has 0 radical (unpaired) electrons. The predicted octanol–water partition coefficient (Wildman–Crippen LogP) is 3.39. The van der Waals surface area contributed by atoms with E-state index in [4.69, 9.17) is 5.84 Å². The van der Waals surface area contributed by atoms with Crippen molar-refractivity contribution in [3.8, 4) is 0 Å². The first-order valence-electron chi connectivity index (χ1n) is 7.08. The molecule has 2 rings (SSSR count). The zero-order valence-electron chi connectivity index (χ0n) is 11.8. The van der Waals surface area contributed by atoms with Gasteiger partial charge in [-0.3, -0.25) is 11.3 Å². The van der Waals surface area contributed by atoms with E-state index in [2.05, 4.69) is 39.2 Å². The molecule has 98 valence electrons. The molecule has 0 aliphatic heterocycles. The Kier molecular flexibility index (Phi) is 3.39. The molecule has 0 heterocycles. The first kappa shape index (κ1) is 13.1. The van der Waals surface area contributed by atoms with Gasteiger partial charge in [0.25, 0.3) is 0 Å². The number of nitrogens with two attached hydrogens (primary N) is 1. The summed E-state index contributed by atoms with van der Waals surface area (Å²) in [6.07, 6.45) is 8.96. The Balaban J connectivity index is 2.15. The molecule has 0 aromatic rings. The van der Waals surface area contributed by atoms with Crippen molar-refractivity contribution in [3.05, 3.63) is 11.6 Å². The maximum absolute atomic E-state index is 5.85. The molecular weight excluding hydrogens is 208 g/mol. The molecule has 0 aromatic heterocycles. The van der Waals surface area contributed by atoms with Crippen LogP contribution in [0.3, 0.4) is 0 Å². The number of hydrazine groups is 1. The van der Waals surface area contributed by atoms with E-state index in [1.807, 2.05) is 0 Å². The van der Waals surface area contributed by atoms with Gasteiger partial charge in [0.2, 0.25) is 0 Å². The number of allylic oxidation sites excluding steroid dienone is 1. The fourth-order valence-corrected chi connectivity index (χ4v) is 3.82. The lowest BCUT2D eigenvalue weighted by Gasteiger charge is -2.21. The summed E-state index contributed by atoms with van der Waals surface area (Å²) in [6.45, 7) is 9.50. The standard InChI is InChI=1S/C15H28N2/c1-14(2)13(15(14,3)4)12(17-16)11-9-7-5-6-8-10-11/h9,12-13,17H,5-8,10,16H2,1-4H3. The van der Waals surface area contributed by atoms with E-state index in [-0.39, 0.29) is 0 Å². The zero-order valence-corrected chi connectivity index (χ0v) is 11.8. The predicted molar refractivity (Wildman–Crippen MR) is 73.3 cm³/mol. The summed E-state index contributed by atoms with van der Waals surface area (Å²) in [5, 5.41) is 0. The van der Waals surface area contributed by atoms with E-state index in [1.54, 1.807) is 5.57 Å².